The first-order chi connectivity index (χ1) is 7.62. The number of hydrogen-bond acceptors (Lipinski definition) is 4. The third-order valence-corrected chi connectivity index (χ3v) is 3.12. The second kappa shape index (κ2) is 4.50. The van der Waals surface area contributed by atoms with Crippen LogP contribution >= 0.6 is 0 Å². The molecule has 0 aliphatic heterocycles. The van der Waals surface area contributed by atoms with Crippen LogP contribution in [0.1, 0.15) is 31.3 Å². The second-order valence-corrected chi connectivity index (χ2v) is 6.51. The molecule has 0 saturated carbocycles. The first kappa shape index (κ1) is 13.7. The maximum absolute atomic E-state index is 11.7. The van der Waals surface area contributed by atoms with Gasteiger partial charge in [0.25, 0.3) is 10.0 Å². The van der Waals surface area contributed by atoms with E-state index < -0.39 is 21.8 Å². The van der Waals surface area contributed by atoms with Gasteiger partial charge in [-0.2, -0.15) is 0 Å². The van der Waals surface area contributed by atoms with E-state index in [0.717, 1.165) is 12.1 Å². The van der Waals surface area contributed by atoms with Gasteiger partial charge in [0.2, 0.25) is 10.9 Å². The Balaban J connectivity index is 2.86. The fourth-order valence-corrected chi connectivity index (χ4v) is 2.17. The maximum Gasteiger partial charge on any atom is 0.371 e. The summed E-state index contributed by atoms with van der Waals surface area (Å²) in [6.45, 7) is 5.86. The Morgan fingerprint density at radius 1 is 1.41 bits per heavy atom. The molecule has 0 unspecified atom stereocenters. The van der Waals surface area contributed by atoms with Crippen LogP contribution in [0, 0.1) is 5.41 Å². The second-order valence-electron chi connectivity index (χ2n) is 4.81. The predicted octanol–water partition coefficient (Wildman–Crippen LogP) is 1.30. The standard InChI is InChI=1S/C10H15NO5S/c1-10(2,3)6-11-17(14,15)8-5-4-7(16-8)9(12)13/h4-5,11H,6H2,1-3H3,(H,12,13). The third kappa shape index (κ3) is 3.86. The van der Waals surface area contributed by atoms with Gasteiger partial charge in [-0.05, 0) is 17.5 Å². The summed E-state index contributed by atoms with van der Waals surface area (Å²) in [5, 5.41) is 8.22. The molecule has 0 atom stereocenters. The molecule has 96 valence electrons. The number of sulfonamides is 1. The minimum Gasteiger partial charge on any atom is -0.475 e. The minimum atomic E-state index is -3.79. The molecule has 0 spiro atoms. The fourth-order valence-electron chi connectivity index (χ4n) is 0.962. The largest absolute Gasteiger partial charge is 0.475 e. The van der Waals surface area contributed by atoms with E-state index in [1.54, 1.807) is 0 Å². The van der Waals surface area contributed by atoms with Crippen LogP contribution in [-0.2, 0) is 10.0 Å². The first-order valence-electron chi connectivity index (χ1n) is 4.95. The number of hydrogen-bond donors (Lipinski definition) is 2. The van der Waals surface area contributed by atoms with Gasteiger partial charge in [-0.15, -0.1) is 0 Å². The highest BCUT2D eigenvalue weighted by Gasteiger charge is 2.22. The number of aromatic carboxylic acids is 1. The number of rotatable bonds is 4. The summed E-state index contributed by atoms with van der Waals surface area (Å²) in [7, 11) is -3.79. The molecule has 6 nitrogen and oxygen atoms in total. The number of furan rings is 1. The van der Waals surface area contributed by atoms with Crippen molar-refractivity contribution in [2.75, 3.05) is 6.54 Å². The predicted molar refractivity (Wildman–Crippen MR) is 60.3 cm³/mol. The van der Waals surface area contributed by atoms with Gasteiger partial charge < -0.3 is 9.52 Å². The van der Waals surface area contributed by atoms with Crippen molar-refractivity contribution in [2.24, 2.45) is 5.41 Å². The van der Waals surface area contributed by atoms with E-state index in [1.807, 2.05) is 20.8 Å². The van der Waals surface area contributed by atoms with Crippen molar-refractivity contribution in [1.82, 2.24) is 4.72 Å². The quantitative estimate of drug-likeness (QED) is 0.851. The molecule has 1 rings (SSSR count). The smallest absolute Gasteiger partial charge is 0.371 e. The van der Waals surface area contributed by atoms with E-state index in [1.165, 1.54) is 0 Å². The molecular weight excluding hydrogens is 246 g/mol. The van der Waals surface area contributed by atoms with Gasteiger partial charge in [0, 0.05) is 6.54 Å². The summed E-state index contributed by atoms with van der Waals surface area (Å²) in [5.41, 5.74) is -0.213. The SMILES string of the molecule is CC(C)(C)CNS(=O)(=O)c1ccc(C(=O)O)o1. The Hall–Kier alpha value is -1.34. The van der Waals surface area contributed by atoms with E-state index in [9.17, 15) is 13.2 Å². The lowest BCUT2D eigenvalue weighted by molar-refractivity contribution is 0.0656. The van der Waals surface area contributed by atoms with Crippen molar-refractivity contribution in [2.45, 2.75) is 25.9 Å². The van der Waals surface area contributed by atoms with Gasteiger partial charge in [0.05, 0.1) is 0 Å². The lowest BCUT2D eigenvalue weighted by Gasteiger charge is -2.17. The molecule has 17 heavy (non-hydrogen) atoms. The van der Waals surface area contributed by atoms with Crippen LogP contribution in [0.15, 0.2) is 21.6 Å². The summed E-state index contributed by atoms with van der Waals surface area (Å²) in [4.78, 5) is 10.5. The van der Waals surface area contributed by atoms with Gasteiger partial charge in [-0.3, -0.25) is 0 Å². The topological polar surface area (TPSA) is 96.6 Å². The molecule has 2 N–H and O–H groups in total. The fraction of sp³-hybridized carbons (Fsp3) is 0.500. The van der Waals surface area contributed by atoms with Gasteiger partial charge in [-0.25, -0.2) is 17.9 Å². The lowest BCUT2D eigenvalue weighted by Crippen LogP contribution is -2.32. The lowest BCUT2D eigenvalue weighted by atomic mass is 9.98. The zero-order chi connectivity index (χ0) is 13.3. The highest BCUT2D eigenvalue weighted by Crippen LogP contribution is 2.16. The van der Waals surface area contributed by atoms with Crippen LogP contribution in [0.25, 0.3) is 0 Å². The first-order valence-corrected chi connectivity index (χ1v) is 6.43. The molecule has 7 heteroatoms. The van der Waals surface area contributed by atoms with Crippen molar-refractivity contribution in [3.8, 4) is 0 Å². The molecule has 0 aromatic carbocycles. The molecule has 0 bridgehead atoms. The van der Waals surface area contributed by atoms with Crippen LogP contribution in [-0.4, -0.2) is 26.0 Å². The van der Waals surface area contributed by atoms with Crippen molar-refractivity contribution in [1.29, 1.82) is 0 Å². The van der Waals surface area contributed by atoms with Gasteiger partial charge in [-0.1, -0.05) is 20.8 Å². The molecule has 0 aliphatic carbocycles. The summed E-state index contributed by atoms with van der Waals surface area (Å²) < 4.78 is 30.5. The molecule has 1 aromatic heterocycles. The van der Waals surface area contributed by atoms with E-state index >= 15 is 0 Å². The normalized spacial score (nSPS) is 12.6. The Bertz CT molecular complexity index is 509. The Morgan fingerprint density at radius 2 is 2.00 bits per heavy atom. The zero-order valence-corrected chi connectivity index (χ0v) is 10.7. The van der Waals surface area contributed by atoms with Gasteiger partial charge >= 0.3 is 5.97 Å². The van der Waals surface area contributed by atoms with Crippen molar-refractivity contribution >= 4 is 16.0 Å². The van der Waals surface area contributed by atoms with Crippen molar-refractivity contribution in [3.63, 3.8) is 0 Å². The molecular formula is C10H15NO5S. The molecule has 0 radical (unpaired) electrons. The summed E-state index contributed by atoms with van der Waals surface area (Å²) >= 11 is 0. The Labute approximate surface area is 99.7 Å². The monoisotopic (exact) mass is 261 g/mol. The summed E-state index contributed by atoms with van der Waals surface area (Å²) in [5.74, 6) is -1.71. The van der Waals surface area contributed by atoms with Gasteiger partial charge in [0.15, 0.2) is 0 Å². The van der Waals surface area contributed by atoms with Crippen molar-refractivity contribution in [3.05, 3.63) is 17.9 Å². The third-order valence-electron chi connectivity index (χ3n) is 1.85. The molecule has 0 saturated heterocycles. The van der Waals surface area contributed by atoms with E-state index in [2.05, 4.69) is 4.72 Å². The summed E-state index contributed by atoms with van der Waals surface area (Å²) in [6, 6.07) is 2.22. The zero-order valence-electron chi connectivity index (χ0n) is 9.85. The summed E-state index contributed by atoms with van der Waals surface area (Å²) in [6.07, 6.45) is 0. The molecule has 0 fully saturated rings. The van der Waals surface area contributed by atoms with Crippen LogP contribution in [0.4, 0.5) is 0 Å². The Kier molecular flexibility index (Phi) is 3.63. The van der Waals surface area contributed by atoms with Crippen LogP contribution < -0.4 is 4.72 Å². The number of carboxylic acids is 1. The van der Waals surface area contributed by atoms with E-state index in [-0.39, 0.29) is 17.1 Å². The Morgan fingerprint density at radius 3 is 2.41 bits per heavy atom. The molecule has 0 aliphatic rings. The van der Waals surface area contributed by atoms with E-state index in [0.29, 0.717) is 0 Å². The minimum absolute atomic E-state index is 0.213. The van der Waals surface area contributed by atoms with Crippen LogP contribution in [0.2, 0.25) is 0 Å². The molecule has 1 aromatic rings. The van der Waals surface area contributed by atoms with E-state index in [4.69, 9.17) is 9.52 Å². The van der Waals surface area contributed by atoms with Crippen LogP contribution in [0.5, 0.6) is 0 Å². The number of carbonyl (C=O) groups is 1. The average molecular weight is 261 g/mol. The van der Waals surface area contributed by atoms with Gasteiger partial charge in [0.1, 0.15) is 0 Å². The maximum atomic E-state index is 11.7. The highest BCUT2D eigenvalue weighted by atomic mass is 32.2. The molecule has 1 heterocycles. The number of carboxylic acid groups (broad SMARTS) is 1. The molecule has 0 amide bonds. The van der Waals surface area contributed by atoms with Crippen molar-refractivity contribution < 1.29 is 22.7 Å². The average Bonchev–Trinajstić information content (AvgIpc) is 2.63. The number of nitrogens with one attached hydrogen (secondary N) is 1. The van der Waals surface area contributed by atoms with Crippen LogP contribution in [0.3, 0.4) is 0 Å². The highest BCUT2D eigenvalue weighted by molar-refractivity contribution is 7.89.